The van der Waals surface area contributed by atoms with Crippen LogP contribution >= 0.6 is 11.8 Å². The molecule has 29 heavy (non-hydrogen) atoms. The van der Waals surface area contributed by atoms with Crippen molar-refractivity contribution in [3.63, 3.8) is 0 Å². The predicted molar refractivity (Wildman–Crippen MR) is 115 cm³/mol. The Labute approximate surface area is 174 Å². The van der Waals surface area contributed by atoms with E-state index in [1.807, 2.05) is 32.0 Å². The zero-order valence-electron chi connectivity index (χ0n) is 16.4. The number of ether oxygens (including phenoxy) is 2. The highest BCUT2D eigenvalue weighted by molar-refractivity contribution is 7.98. The maximum atomic E-state index is 12.7. The first-order chi connectivity index (χ1) is 14.2. The van der Waals surface area contributed by atoms with Crippen molar-refractivity contribution in [1.82, 2.24) is 9.97 Å². The molecule has 1 aromatic carbocycles. The number of pyridine rings is 2. The third kappa shape index (κ3) is 5.71. The summed E-state index contributed by atoms with van der Waals surface area (Å²) in [5.74, 6) is 1.97. The highest BCUT2D eigenvalue weighted by Gasteiger charge is 2.14. The first kappa shape index (κ1) is 20.7. The van der Waals surface area contributed by atoms with E-state index in [1.165, 1.54) is 11.8 Å². The van der Waals surface area contributed by atoms with Crippen LogP contribution in [0.5, 0.6) is 11.5 Å². The van der Waals surface area contributed by atoms with Crippen LogP contribution in [0.4, 0.5) is 5.69 Å². The van der Waals surface area contributed by atoms with Gasteiger partial charge in [0.25, 0.3) is 5.91 Å². The standard InChI is InChI=1S/C22H23N3O3S/c1-3-27-18-8-7-16(20(14-18)28-4-2)15-29-22-19(6-5-11-24-22)21(26)25-17-9-12-23-13-10-17/h5-14H,3-4,15H2,1-2H3,(H,23,25,26). The molecule has 3 rings (SSSR count). The van der Waals surface area contributed by atoms with Gasteiger partial charge < -0.3 is 14.8 Å². The highest BCUT2D eigenvalue weighted by atomic mass is 32.2. The summed E-state index contributed by atoms with van der Waals surface area (Å²) in [5, 5.41) is 3.54. The number of carbonyl (C=O) groups excluding carboxylic acids is 1. The van der Waals surface area contributed by atoms with Gasteiger partial charge in [0.15, 0.2) is 0 Å². The number of aromatic nitrogens is 2. The first-order valence-electron chi connectivity index (χ1n) is 9.39. The summed E-state index contributed by atoms with van der Waals surface area (Å²) in [6.45, 7) is 5.06. The zero-order chi connectivity index (χ0) is 20.5. The van der Waals surface area contributed by atoms with E-state index in [2.05, 4.69) is 15.3 Å². The third-order valence-electron chi connectivity index (χ3n) is 3.97. The van der Waals surface area contributed by atoms with Crippen molar-refractivity contribution in [3.05, 3.63) is 72.2 Å². The fourth-order valence-electron chi connectivity index (χ4n) is 2.66. The summed E-state index contributed by atoms with van der Waals surface area (Å²) in [7, 11) is 0. The minimum Gasteiger partial charge on any atom is -0.494 e. The van der Waals surface area contributed by atoms with E-state index in [9.17, 15) is 4.79 Å². The van der Waals surface area contributed by atoms with Crippen molar-refractivity contribution in [1.29, 1.82) is 0 Å². The Morgan fingerprint density at radius 2 is 1.83 bits per heavy atom. The molecule has 2 heterocycles. The first-order valence-corrected chi connectivity index (χ1v) is 10.4. The van der Waals surface area contributed by atoms with Crippen molar-refractivity contribution >= 4 is 23.4 Å². The van der Waals surface area contributed by atoms with Crippen molar-refractivity contribution < 1.29 is 14.3 Å². The molecular weight excluding hydrogens is 386 g/mol. The van der Waals surface area contributed by atoms with Crippen LogP contribution in [-0.2, 0) is 5.75 Å². The minimum absolute atomic E-state index is 0.205. The number of thioether (sulfide) groups is 1. The lowest BCUT2D eigenvalue weighted by atomic mass is 10.2. The quantitative estimate of drug-likeness (QED) is 0.511. The van der Waals surface area contributed by atoms with E-state index < -0.39 is 0 Å². The topological polar surface area (TPSA) is 73.3 Å². The van der Waals surface area contributed by atoms with Gasteiger partial charge in [-0.1, -0.05) is 6.07 Å². The summed E-state index contributed by atoms with van der Waals surface area (Å²) in [6, 6.07) is 12.8. The predicted octanol–water partition coefficient (Wildman–Crippen LogP) is 4.82. The number of hydrogen-bond acceptors (Lipinski definition) is 6. The number of anilines is 1. The molecule has 3 aromatic rings. The van der Waals surface area contributed by atoms with Crippen molar-refractivity contribution in [3.8, 4) is 11.5 Å². The molecule has 0 saturated carbocycles. The second kappa shape index (κ2) is 10.5. The molecule has 1 amide bonds. The Balaban J connectivity index is 1.75. The van der Waals surface area contributed by atoms with Crippen LogP contribution in [0.15, 0.2) is 66.1 Å². The van der Waals surface area contributed by atoms with Crippen LogP contribution in [0.1, 0.15) is 29.8 Å². The fraction of sp³-hybridized carbons (Fsp3) is 0.227. The summed E-state index contributed by atoms with van der Waals surface area (Å²) in [5.41, 5.74) is 2.24. The summed E-state index contributed by atoms with van der Waals surface area (Å²) < 4.78 is 11.3. The average Bonchev–Trinajstić information content (AvgIpc) is 2.74. The van der Waals surface area contributed by atoms with Gasteiger partial charge in [-0.25, -0.2) is 4.98 Å². The van der Waals surface area contributed by atoms with Crippen LogP contribution in [0, 0.1) is 0 Å². The van der Waals surface area contributed by atoms with E-state index >= 15 is 0 Å². The zero-order valence-corrected chi connectivity index (χ0v) is 17.2. The van der Waals surface area contributed by atoms with Crippen LogP contribution < -0.4 is 14.8 Å². The Morgan fingerprint density at radius 1 is 1.03 bits per heavy atom. The average molecular weight is 410 g/mol. The molecule has 1 N–H and O–H groups in total. The Hall–Kier alpha value is -3.06. The number of carbonyl (C=O) groups is 1. The lowest BCUT2D eigenvalue weighted by Crippen LogP contribution is -2.13. The van der Waals surface area contributed by atoms with Gasteiger partial charge in [0.05, 0.1) is 18.8 Å². The maximum Gasteiger partial charge on any atom is 0.258 e. The number of nitrogens with one attached hydrogen (secondary N) is 1. The van der Waals surface area contributed by atoms with Gasteiger partial charge in [-0.05, 0) is 44.2 Å². The van der Waals surface area contributed by atoms with Gasteiger partial charge in [0.2, 0.25) is 0 Å². The molecule has 0 spiro atoms. The van der Waals surface area contributed by atoms with E-state index in [-0.39, 0.29) is 5.91 Å². The Kier molecular flexibility index (Phi) is 7.47. The van der Waals surface area contributed by atoms with E-state index in [1.54, 1.807) is 42.9 Å². The Bertz CT molecular complexity index is 951. The van der Waals surface area contributed by atoms with E-state index in [0.717, 1.165) is 17.1 Å². The molecule has 0 radical (unpaired) electrons. The summed E-state index contributed by atoms with van der Waals surface area (Å²) >= 11 is 1.49. The van der Waals surface area contributed by atoms with Crippen molar-refractivity contribution in [2.24, 2.45) is 0 Å². The maximum absolute atomic E-state index is 12.7. The van der Waals surface area contributed by atoms with Crippen LogP contribution in [0.3, 0.4) is 0 Å². The number of benzene rings is 1. The number of hydrogen-bond donors (Lipinski definition) is 1. The molecule has 0 aliphatic heterocycles. The monoisotopic (exact) mass is 409 g/mol. The molecule has 0 atom stereocenters. The third-order valence-corrected chi connectivity index (χ3v) is 5.02. The molecule has 7 heteroatoms. The minimum atomic E-state index is -0.205. The second-order valence-electron chi connectivity index (χ2n) is 5.97. The normalized spacial score (nSPS) is 10.4. The van der Waals surface area contributed by atoms with Crippen LogP contribution in [-0.4, -0.2) is 29.1 Å². The highest BCUT2D eigenvalue weighted by Crippen LogP contribution is 2.32. The fourth-order valence-corrected chi connectivity index (χ4v) is 3.64. The molecule has 0 unspecified atom stereocenters. The molecule has 2 aromatic heterocycles. The Morgan fingerprint density at radius 3 is 2.59 bits per heavy atom. The second-order valence-corrected chi connectivity index (χ2v) is 6.93. The van der Waals surface area contributed by atoms with E-state index in [4.69, 9.17) is 9.47 Å². The lowest BCUT2D eigenvalue weighted by molar-refractivity contribution is 0.102. The SMILES string of the molecule is CCOc1ccc(CSc2ncccc2C(=O)Nc2ccncc2)c(OCC)c1. The van der Waals surface area contributed by atoms with Gasteiger partial charge in [0, 0.05) is 41.7 Å². The molecule has 0 bridgehead atoms. The molecule has 150 valence electrons. The van der Waals surface area contributed by atoms with Crippen LogP contribution in [0.2, 0.25) is 0 Å². The summed E-state index contributed by atoms with van der Waals surface area (Å²) in [6.07, 6.45) is 4.96. The van der Waals surface area contributed by atoms with Gasteiger partial charge in [-0.2, -0.15) is 0 Å². The van der Waals surface area contributed by atoms with Crippen molar-refractivity contribution in [2.45, 2.75) is 24.6 Å². The summed E-state index contributed by atoms with van der Waals surface area (Å²) in [4.78, 5) is 21.1. The van der Waals surface area contributed by atoms with E-state index in [0.29, 0.717) is 35.2 Å². The molecular formula is C22H23N3O3S. The lowest BCUT2D eigenvalue weighted by Gasteiger charge is -2.13. The largest absolute Gasteiger partial charge is 0.494 e. The van der Waals surface area contributed by atoms with Gasteiger partial charge in [-0.3, -0.25) is 9.78 Å². The van der Waals surface area contributed by atoms with Gasteiger partial charge in [-0.15, -0.1) is 11.8 Å². The number of rotatable bonds is 9. The van der Waals surface area contributed by atoms with Crippen molar-refractivity contribution in [2.75, 3.05) is 18.5 Å². The smallest absolute Gasteiger partial charge is 0.258 e. The van der Waals surface area contributed by atoms with Crippen LogP contribution in [0.25, 0.3) is 0 Å². The number of nitrogens with zero attached hydrogens (tertiary/aromatic N) is 2. The number of amides is 1. The molecule has 6 nitrogen and oxygen atoms in total. The van der Waals surface area contributed by atoms with Gasteiger partial charge in [0.1, 0.15) is 16.5 Å². The van der Waals surface area contributed by atoms with Gasteiger partial charge >= 0.3 is 0 Å². The molecule has 0 saturated heterocycles. The molecule has 0 aliphatic rings. The molecule has 0 fully saturated rings. The molecule has 0 aliphatic carbocycles.